The zero-order valence-corrected chi connectivity index (χ0v) is 14.8. The molecule has 1 aromatic carbocycles. The molecule has 2 rings (SSSR count). The monoisotopic (exact) mass is 374 g/mol. The maximum atomic E-state index is 12.8. The Labute approximate surface area is 135 Å². The van der Waals surface area contributed by atoms with Crippen molar-refractivity contribution < 1.29 is 8.42 Å². The first-order chi connectivity index (χ1) is 9.98. The summed E-state index contributed by atoms with van der Waals surface area (Å²) in [6.07, 6.45) is 4.14. The third-order valence-electron chi connectivity index (χ3n) is 4.23. The van der Waals surface area contributed by atoms with Gasteiger partial charge in [-0.3, -0.25) is 0 Å². The van der Waals surface area contributed by atoms with Crippen molar-refractivity contribution in [1.82, 2.24) is 4.31 Å². The highest BCUT2D eigenvalue weighted by Gasteiger charge is 2.28. The van der Waals surface area contributed by atoms with E-state index in [1.807, 2.05) is 0 Å². The van der Waals surface area contributed by atoms with Crippen LogP contribution in [0, 0.1) is 5.92 Å². The Kier molecular flexibility index (Phi) is 5.82. The van der Waals surface area contributed by atoms with E-state index in [4.69, 9.17) is 5.73 Å². The van der Waals surface area contributed by atoms with Gasteiger partial charge in [-0.05, 0) is 58.8 Å². The van der Waals surface area contributed by atoms with Gasteiger partial charge in [0.2, 0.25) is 10.0 Å². The van der Waals surface area contributed by atoms with Gasteiger partial charge >= 0.3 is 0 Å². The van der Waals surface area contributed by atoms with Crippen LogP contribution in [0.15, 0.2) is 27.6 Å². The summed E-state index contributed by atoms with van der Waals surface area (Å²) in [6, 6.07) is 5.23. The van der Waals surface area contributed by atoms with Crippen LogP contribution in [0.5, 0.6) is 0 Å². The second kappa shape index (κ2) is 7.22. The molecule has 0 aliphatic carbocycles. The number of halogens is 1. The van der Waals surface area contributed by atoms with E-state index in [0.29, 0.717) is 34.9 Å². The van der Waals surface area contributed by atoms with Crippen molar-refractivity contribution in [3.63, 3.8) is 0 Å². The van der Waals surface area contributed by atoms with Gasteiger partial charge in [-0.2, -0.15) is 4.31 Å². The molecular formula is C15H23BrN2O2S. The van der Waals surface area contributed by atoms with Crippen LogP contribution in [-0.2, 0) is 16.6 Å². The van der Waals surface area contributed by atoms with Crippen LogP contribution < -0.4 is 5.73 Å². The number of rotatable bonds is 4. The fourth-order valence-electron chi connectivity index (χ4n) is 2.81. The summed E-state index contributed by atoms with van der Waals surface area (Å²) in [4.78, 5) is 0.342. The molecule has 1 aromatic rings. The Morgan fingerprint density at radius 3 is 2.71 bits per heavy atom. The number of hydrogen-bond acceptors (Lipinski definition) is 3. The normalized spacial score (nSPS) is 21.2. The number of sulfonamides is 1. The first-order valence-corrected chi connectivity index (χ1v) is 9.71. The summed E-state index contributed by atoms with van der Waals surface area (Å²) in [6.45, 7) is 3.81. The van der Waals surface area contributed by atoms with E-state index < -0.39 is 10.0 Å². The van der Waals surface area contributed by atoms with Crippen molar-refractivity contribution in [1.29, 1.82) is 0 Å². The number of nitrogens with zero attached hydrogens (tertiary/aromatic N) is 1. The van der Waals surface area contributed by atoms with Crippen molar-refractivity contribution in [2.45, 2.75) is 44.0 Å². The quantitative estimate of drug-likeness (QED) is 0.880. The SMILES string of the molecule is CCC1CCCN(S(=O)(=O)c2ccc(CN)cc2Br)CC1. The Bertz CT molecular complexity index is 589. The summed E-state index contributed by atoms with van der Waals surface area (Å²) in [5, 5.41) is 0. The molecule has 6 heteroatoms. The summed E-state index contributed by atoms with van der Waals surface area (Å²) >= 11 is 3.37. The Morgan fingerprint density at radius 1 is 1.33 bits per heavy atom. The zero-order chi connectivity index (χ0) is 15.5. The third kappa shape index (κ3) is 3.86. The van der Waals surface area contributed by atoms with E-state index in [2.05, 4.69) is 22.9 Å². The van der Waals surface area contributed by atoms with Gasteiger partial charge in [0.1, 0.15) is 0 Å². The third-order valence-corrected chi connectivity index (χ3v) is 7.11. The van der Waals surface area contributed by atoms with E-state index in [0.717, 1.165) is 31.2 Å². The molecule has 1 atom stereocenters. The molecule has 1 saturated heterocycles. The minimum absolute atomic E-state index is 0.342. The molecule has 0 saturated carbocycles. The molecule has 4 nitrogen and oxygen atoms in total. The van der Waals surface area contributed by atoms with Crippen LogP contribution in [0.2, 0.25) is 0 Å². The van der Waals surface area contributed by atoms with E-state index in [1.54, 1.807) is 22.5 Å². The molecule has 118 valence electrons. The molecule has 1 aliphatic rings. The first kappa shape index (κ1) is 16.9. The summed E-state index contributed by atoms with van der Waals surface area (Å²) in [7, 11) is -3.43. The van der Waals surface area contributed by atoms with Gasteiger partial charge in [-0.15, -0.1) is 0 Å². The Hall–Kier alpha value is -0.430. The molecule has 1 aliphatic heterocycles. The smallest absolute Gasteiger partial charge is 0.244 e. The van der Waals surface area contributed by atoms with Gasteiger partial charge in [-0.25, -0.2) is 8.42 Å². The lowest BCUT2D eigenvalue weighted by Gasteiger charge is -2.21. The second-order valence-electron chi connectivity index (χ2n) is 5.58. The van der Waals surface area contributed by atoms with Crippen molar-refractivity contribution in [3.8, 4) is 0 Å². The summed E-state index contributed by atoms with van der Waals surface area (Å²) in [5.41, 5.74) is 6.51. The molecule has 0 bridgehead atoms. The molecule has 1 unspecified atom stereocenters. The Balaban J connectivity index is 2.25. The highest BCUT2D eigenvalue weighted by atomic mass is 79.9. The molecule has 21 heavy (non-hydrogen) atoms. The predicted octanol–water partition coefficient (Wildman–Crippen LogP) is 3.11. The minimum Gasteiger partial charge on any atom is -0.326 e. The lowest BCUT2D eigenvalue weighted by atomic mass is 9.98. The van der Waals surface area contributed by atoms with Crippen molar-refractivity contribution in [2.24, 2.45) is 11.7 Å². The van der Waals surface area contributed by atoms with Gasteiger partial charge in [0.25, 0.3) is 0 Å². The van der Waals surface area contributed by atoms with Crippen LogP contribution in [0.4, 0.5) is 0 Å². The molecule has 2 N–H and O–H groups in total. The van der Waals surface area contributed by atoms with Gasteiger partial charge in [0.15, 0.2) is 0 Å². The maximum absolute atomic E-state index is 12.8. The summed E-state index contributed by atoms with van der Waals surface area (Å²) in [5.74, 6) is 0.647. The molecular weight excluding hydrogens is 352 g/mol. The lowest BCUT2D eigenvalue weighted by Crippen LogP contribution is -2.32. The molecule has 0 aromatic heterocycles. The Morgan fingerprint density at radius 2 is 2.10 bits per heavy atom. The van der Waals surface area contributed by atoms with Crippen molar-refractivity contribution in [3.05, 3.63) is 28.2 Å². The van der Waals surface area contributed by atoms with Crippen molar-refractivity contribution in [2.75, 3.05) is 13.1 Å². The van der Waals surface area contributed by atoms with Gasteiger partial charge in [0, 0.05) is 24.1 Å². The average molecular weight is 375 g/mol. The van der Waals surface area contributed by atoms with Crippen LogP contribution >= 0.6 is 15.9 Å². The minimum atomic E-state index is -3.43. The first-order valence-electron chi connectivity index (χ1n) is 7.47. The predicted molar refractivity (Wildman–Crippen MR) is 88.4 cm³/mol. The molecule has 1 heterocycles. The van der Waals surface area contributed by atoms with E-state index in [1.165, 1.54) is 0 Å². The summed E-state index contributed by atoms with van der Waals surface area (Å²) < 4.78 is 27.9. The van der Waals surface area contributed by atoms with E-state index >= 15 is 0 Å². The van der Waals surface area contributed by atoms with Gasteiger partial charge < -0.3 is 5.73 Å². The van der Waals surface area contributed by atoms with E-state index in [-0.39, 0.29) is 0 Å². The average Bonchev–Trinajstić information content (AvgIpc) is 2.72. The molecule has 0 amide bonds. The van der Waals surface area contributed by atoms with Gasteiger partial charge in [-0.1, -0.05) is 19.4 Å². The molecule has 0 spiro atoms. The largest absolute Gasteiger partial charge is 0.326 e. The fourth-order valence-corrected chi connectivity index (χ4v) is 5.39. The van der Waals surface area contributed by atoms with Crippen molar-refractivity contribution >= 4 is 26.0 Å². The highest BCUT2D eigenvalue weighted by Crippen LogP contribution is 2.29. The van der Waals surface area contributed by atoms with Crippen LogP contribution in [0.25, 0.3) is 0 Å². The number of benzene rings is 1. The van der Waals surface area contributed by atoms with E-state index in [9.17, 15) is 8.42 Å². The lowest BCUT2D eigenvalue weighted by molar-refractivity contribution is 0.407. The van der Waals surface area contributed by atoms with Crippen LogP contribution in [-0.4, -0.2) is 25.8 Å². The second-order valence-corrected chi connectivity index (χ2v) is 8.34. The highest BCUT2D eigenvalue weighted by molar-refractivity contribution is 9.10. The maximum Gasteiger partial charge on any atom is 0.244 e. The standard InChI is InChI=1S/C15H23BrN2O2S/c1-2-12-4-3-8-18(9-7-12)21(19,20)15-6-5-13(11-17)10-14(15)16/h5-6,10,12H,2-4,7-9,11,17H2,1H3. The fraction of sp³-hybridized carbons (Fsp3) is 0.600. The number of hydrogen-bond donors (Lipinski definition) is 1. The van der Waals surface area contributed by atoms with Crippen LogP contribution in [0.3, 0.4) is 0 Å². The zero-order valence-electron chi connectivity index (χ0n) is 12.4. The van der Waals surface area contributed by atoms with Gasteiger partial charge in [0.05, 0.1) is 4.90 Å². The molecule has 1 fully saturated rings. The topological polar surface area (TPSA) is 63.4 Å². The van der Waals surface area contributed by atoms with Crippen LogP contribution in [0.1, 0.15) is 38.2 Å². The number of nitrogens with two attached hydrogens (primary N) is 1. The molecule has 0 radical (unpaired) electrons.